The first-order chi connectivity index (χ1) is 11.8. The summed E-state index contributed by atoms with van der Waals surface area (Å²) in [5.41, 5.74) is 2.49. The van der Waals surface area contributed by atoms with E-state index in [4.69, 9.17) is 4.74 Å². The van der Waals surface area contributed by atoms with Gasteiger partial charge in [0.15, 0.2) is 0 Å². The van der Waals surface area contributed by atoms with E-state index >= 15 is 0 Å². The lowest BCUT2D eigenvalue weighted by molar-refractivity contribution is -0.141. The van der Waals surface area contributed by atoms with Crippen molar-refractivity contribution in [3.63, 3.8) is 0 Å². The van der Waals surface area contributed by atoms with E-state index in [9.17, 15) is 4.79 Å². The lowest BCUT2D eigenvalue weighted by atomic mass is 10.1. The molecule has 2 aromatic carbocycles. The Balaban J connectivity index is 1.61. The summed E-state index contributed by atoms with van der Waals surface area (Å²) in [5.74, 6) is 0.143. The Labute approximate surface area is 144 Å². The van der Waals surface area contributed by atoms with Crippen LogP contribution >= 0.6 is 0 Å². The van der Waals surface area contributed by atoms with Gasteiger partial charge in [-0.25, -0.2) is 0 Å². The molecule has 24 heavy (non-hydrogen) atoms. The van der Waals surface area contributed by atoms with Gasteiger partial charge in [0.1, 0.15) is 6.10 Å². The van der Waals surface area contributed by atoms with Crippen molar-refractivity contribution in [3.8, 4) is 0 Å². The number of amides is 1. The van der Waals surface area contributed by atoms with E-state index in [0.29, 0.717) is 13.2 Å². The molecule has 3 rings (SSSR count). The Morgan fingerprint density at radius 3 is 2.29 bits per heavy atom. The molecule has 0 N–H and O–H groups in total. The smallest absolute Gasteiger partial charge is 0.251 e. The summed E-state index contributed by atoms with van der Waals surface area (Å²) < 4.78 is 5.61. The van der Waals surface area contributed by atoms with Gasteiger partial charge >= 0.3 is 0 Å². The molecular formula is C21H25NO2. The molecule has 0 bridgehead atoms. The summed E-state index contributed by atoms with van der Waals surface area (Å²) >= 11 is 0. The molecule has 2 aromatic rings. The van der Waals surface area contributed by atoms with Crippen molar-refractivity contribution in [1.82, 2.24) is 4.90 Å². The average Bonchev–Trinajstić information content (AvgIpc) is 3.17. The van der Waals surface area contributed by atoms with Crippen molar-refractivity contribution in [3.05, 3.63) is 71.8 Å². The Bertz CT molecular complexity index is 621. The van der Waals surface area contributed by atoms with Crippen LogP contribution in [0.2, 0.25) is 0 Å². The monoisotopic (exact) mass is 323 g/mol. The van der Waals surface area contributed by atoms with Crippen molar-refractivity contribution < 1.29 is 9.53 Å². The lowest BCUT2D eigenvalue weighted by Crippen LogP contribution is -2.39. The second-order valence-corrected chi connectivity index (χ2v) is 6.34. The molecule has 0 aliphatic carbocycles. The fourth-order valence-electron chi connectivity index (χ4n) is 3.17. The second kappa shape index (κ2) is 8.65. The second-order valence-electron chi connectivity index (χ2n) is 6.34. The van der Waals surface area contributed by atoms with Gasteiger partial charge in [0.25, 0.3) is 5.91 Å². The van der Waals surface area contributed by atoms with Crippen molar-refractivity contribution >= 4 is 5.91 Å². The standard InChI is InChI=1S/C21H25NO2/c23-21(20-14-8-16-24-20)22(17-19-11-5-2-6-12-19)15-7-13-18-9-3-1-4-10-18/h1-6,9-12,20H,7-8,13-17H2/t20-/m0/s1. The number of hydrogen-bond acceptors (Lipinski definition) is 2. The Hall–Kier alpha value is -2.13. The van der Waals surface area contributed by atoms with E-state index in [2.05, 4.69) is 36.4 Å². The molecule has 3 nitrogen and oxygen atoms in total. The highest BCUT2D eigenvalue weighted by atomic mass is 16.5. The maximum absolute atomic E-state index is 12.8. The van der Waals surface area contributed by atoms with Crippen LogP contribution < -0.4 is 0 Å². The highest BCUT2D eigenvalue weighted by molar-refractivity contribution is 5.81. The molecule has 0 aromatic heterocycles. The molecule has 0 spiro atoms. The van der Waals surface area contributed by atoms with Gasteiger partial charge in [0.2, 0.25) is 0 Å². The van der Waals surface area contributed by atoms with Crippen LogP contribution in [0, 0.1) is 0 Å². The summed E-state index contributed by atoms with van der Waals surface area (Å²) in [6.45, 7) is 2.14. The molecule has 126 valence electrons. The van der Waals surface area contributed by atoms with E-state index in [1.165, 1.54) is 11.1 Å². The SMILES string of the molecule is O=C([C@@H]1CCCO1)N(CCCc1ccccc1)Cc1ccccc1. The minimum absolute atomic E-state index is 0.143. The summed E-state index contributed by atoms with van der Waals surface area (Å²) in [6, 6.07) is 20.6. The quantitative estimate of drug-likeness (QED) is 0.775. The maximum atomic E-state index is 12.8. The highest BCUT2D eigenvalue weighted by Crippen LogP contribution is 2.17. The highest BCUT2D eigenvalue weighted by Gasteiger charge is 2.28. The Morgan fingerprint density at radius 2 is 1.67 bits per heavy atom. The van der Waals surface area contributed by atoms with Crippen LogP contribution in [-0.2, 0) is 22.5 Å². The molecule has 1 atom stereocenters. The molecule has 0 radical (unpaired) electrons. The van der Waals surface area contributed by atoms with E-state index < -0.39 is 0 Å². The molecule has 1 aliphatic rings. The Kier molecular flexibility index (Phi) is 6.02. The van der Waals surface area contributed by atoms with Gasteiger partial charge in [-0.3, -0.25) is 4.79 Å². The van der Waals surface area contributed by atoms with Gasteiger partial charge in [0, 0.05) is 19.7 Å². The summed E-state index contributed by atoms with van der Waals surface area (Å²) in [6.07, 6.45) is 3.55. The van der Waals surface area contributed by atoms with E-state index in [-0.39, 0.29) is 12.0 Å². The largest absolute Gasteiger partial charge is 0.368 e. The van der Waals surface area contributed by atoms with Gasteiger partial charge < -0.3 is 9.64 Å². The van der Waals surface area contributed by atoms with E-state index in [1.54, 1.807) is 0 Å². The third-order valence-corrected chi connectivity index (χ3v) is 4.47. The van der Waals surface area contributed by atoms with Gasteiger partial charge in [0.05, 0.1) is 0 Å². The molecule has 0 saturated carbocycles. The summed E-state index contributed by atoms with van der Waals surface area (Å²) in [7, 11) is 0. The van der Waals surface area contributed by atoms with Crippen molar-refractivity contribution in [2.24, 2.45) is 0 Å². The van der Waals surface area contributed by atoms with Gasteiger partial charge in [-0.2, -0.15) is 0 Å². The van der Waals surface area contributed by atoms with Crippen LogP contribution in [0.25, 0.3) is 0 Å². The van der Waals surface area contributed by atoms with Crippen molar-refractivity contribution in [2.45, 2.75) is 38.3 Å². The number of hydrogen-bond donors (Lipinski definition) is 0. The molecule has 1 amide bonds. The number of ether oxygens (including phenoxy) is 1. The minimum atomic E-state index is -0.245. The van der Waals surface area contributed by atoms with Crippen LogP contribution in [-0.4, -0.2) is 30.1 Å². The first-order valence-electron chi connectivity index (χ1n) is 8.81. The minimum Gasteiger partial charge on any atom is -0.368 e. The van der Waals surface area contributed by atoms with Gasteiger partial charge in [-0.1, -0.05) is 60.7 Å². The topological polar surface area (TPSA) is 29.5 Å². The first-order valence-corrected chi connectivity index (χ1v) is 8.81. The number of aryl methyl sites for hydroxylation is 1. The molecule has 1 fully saturated rings. The summed E-state index contributed by atoms with van der Waals surface area (Å²) in [4.78, 5) is 14.8. The van der Waals surface area contributed by atoms with Crippen molar-refractivity contribution in [1.29, 1.82) is 0 Å². The molecule has 1 heterocycles. The maximum Gasteiger partial charge on any atom is 0.251 e. The molecule has 3 heteroatoms. The number of carbonyl (C=O) groups is 1. The lowest BCUT2D eigenvalue weighted by Gasteiger charge is -2.25. The third-order valence-electron chi connectivity index (χ3n) is 4.47. The molecule has 0 unspecified atom stereocenters. The van der Waals surface area contributed by atoms with E-state index in [0.717, 1.165) is 32.2 Å². The zero-order valence-electron chi connectivity index (χ0n) is 14.1. The molecule has 1 saturated heterocycles. The summed E-state index contributed by atoms with van der Waals surface area (Å²) in [5, 5.41) is 0. The molecular weight excluding hydrogens is 298 g/mol. The van der Waals surface area contributed by atoms with Gasteiger partial charge in [-0.05, 0) is 36.8 Å². The van der Waals surface area contributed by atoms with Crippen LogP contribution in [0.15, 0.2) is 60.7 Å². The van der Waals surface area contributed by atoms with Crippen LogP contribution in [0.4, 0.5) is 0 Å². The fraction of sp³-hybridized carbons (Fsp3) is 0.381. The zero-order valence-corrected chi connectivity index (χ0v) is 14.1. The number of rotatable bonds is 7. The first kappa shape index (κ1) is 16.7. The van der Waals surface area contributed by atoms with Crippen LogP contribution in [0.5, 0.6) is 0 Å². The number of nitrogens with zero attached hydrogens (tertiary/aromatic N) is 1. The normalized spacial score (nSPS) is 16.9. The molecule has 1 aliphatic heterocycles. The fourth-order valence-corrected chi connectivity index (χ4v) is 3.17. The van der Waals surface area contributed by atoms with Crippen LogP contribution in [0.3, 0.4) is 0 Å². The van der Waals surface area contributed by atoms with Gasteiger partial charge in [-0.15, -0.1) is 0 Å². The predicted octanol–water partition coefficient (Wildman–Crippen LogP) is 3.83. The predicted molar refractivity (Wildman–Crippen MR) is 95.6 cm³/mol. The van der Waals surface area contributed by atoms with E-state index in [1.807, 2.05) is 29.2 Å². The Morgan fingerprint density at radius 1 is 1.00 bits per heavy atom. The zero-order chi connectivity index (χ0) is 16.6. The average molecular weight is 323 g/mol. The van der Waals surface area contributed by atoms with Crippen LogP contribution in [0.1, 0.15) is 30.4 Å². The number of carbonyl (C=O) groups excluding carboxylic acids is 1. The number of benzene rings is 2. The van der Waals surface area contributed by atoms with Crippen molar-refractivity contribution in [2.75, 3.05) is 13.2 Å². The third kappa shape index (κ3) is 4.68.